The molecule has 2 rings (SSSR count). The van der Waals surface area contributed by atoms with Crippen LogP contribution in [0.25, 0.3) is 0 Å². The number of hydrogen-bond acceptors (Lipinski definition) is 4. The van der Waals surface area contributed by atoms with E-state index >= 15 is 0 Å². The van der Waals surface area contributed by atoms with E-state index in [1.54, 1.807) is 11.8 Å². The molecule has 1 saturated carbocycles. The molecule has 1 aromatic heterocycles. The zero-order chi connectivity index (χ0) is 13.5. The maximum atomic E-state index is 9.72. The lowest BCUT2D eigenvalue weighted by Gasteiger charge is -2.49. The fourth-order valence-electron chi connectivity index (χ4n) is 2.61. The van der Waals surface area contributed by atoms with Gasteiger partial charge in [0.1, 0.15) is 0 Å². The summed E-state index contributed by atoms with van der Waals surface area (Å²) >= 11 is 0. The fraction of sp³-hybridized carbons (Fsp3) is 0.769. The predicted molar refractivity (Wildman–Crippen MR) is 69.5 cm³/mol. The molecule has 2 unspecified atom stereocenters. The minimum absolute atomic E-state index is 0.0522. The van der Waals surface area contributed by atoms with Crippen molar-refractivity contribution in [3.63, 3.8) is 0 Å². The number of methoxy groups -OCH3 is 1. The summed E-state index contributed by atoms with van der Waals surface area (Å²) in [5.74, 6) is 0.803. The van der Waals surface area contributed by atoms with Crippen LogP contribution in [0, 0.1) is 12.3 Å². The Morgan fingerprint density at radius 3 is 2.72 bits per heavy atom. The number of ether oxygens (including phenoxy) is 1. The molecule has 0 bridgehead atoms. The van der Waals surface area contributed by atoms with Gasteiger partial charge in [-0.25, -0.2) is 4.68 Å². The molecule has 5 nitrogen and oxygen atoms in total. The molecule has 102 valence electrons. The van der Waals surface area contributed by atoms with Crippen LogP contribution in [-0.4, -0.2) is 34.1 Å². The van der Waals surface area contributed by atoms with Crippen LogP contribution in [0.4, 0.5) is 0 Å². The second kappa shape index (κ2) is 4.55. The molecule has 1 heterocycles. The number of nitrogens with one attached hydrogen (secondary N) is 1. The summed E-state index contributed by atoms with van der Waals surface area (Å²) in [6, 6.07) is 0.344. The van der Waals surface area contributed by atoms with E-state index in [1.165, 1.54) is 0 Å². The van der Waals surface area contributed by atoms with E-state index in [1.807, 2.05) is 14.0 Å². The highest BCUT2D eigenvalue weighted by Crippen LogP contribution is 2.40. The molecule has 1 aromatic rings. The van der Waals surface area contributed by atoms with E-state index in [0.717, 1.165) is 30.1 Å². The smallest absolute Gasteiger partial charge is 0.216 e. The Balaban J connectivity index is 2.03. The molecule has 0 spiro atoms. The van der Waals surface area contributed by atoms with Crippen molar-refractivity contribution in [1.82, 2.24) is 15.1 Å². The van der Waals surface area contributed by atoms with Crippen molar-refractivity contribution in [2.75, 3.05) is 7.11 Å². The van der Waals surface area contributed by atoms with Gasteiger partial charge in [-0.3, -0.25) is 0 Å². The molecule has 5 heteroatoms. The van der Waals surface area contributed by atoms with Crippen molar-refractivity contribution < 1.29 is 9.84 Å². The van der Waals surface area contributed by atoms with Crippen LogP contribution in [0.1, 0.15) is 31.5 Å². The molecule has 18 heavy (non-hydrogen) atoms. The van der Waals surface area contributed by atoms with Crippen molar-refractivity contribution in [2.45, 2.75) is 45.9 Å². The SMILES string of the molecule is COc1c(CNC2CC(O)C2(C)C)c(C)nn1C. The van der Waals surface area contributed by atoms with Crippen LogP contribution in [0.2, 0.25) is 0 Å². The molecular formula is C13H23N3O2. The van der Waals surface area contributed by atoms with Gasteiger partial charge in [-0.05, 0) is 13.3 Å². The van der Waals surface area contributed by atoms with Gasteiger partial charge in [-0.1, -0.05) is 13.8 Å². The number of aryl methyl sites for hydroxylation is 2. The Morgan fingerprint density at radius 1 is 1.56 bits per heavy atom. The Hall–Kier alpha value is -1.07. The van der Waals surface area contributed by atoms with Crippen LogP contribution >= 0.6 is 0 Å². The Labute approximate surface area is 108 Å². The van der Waals surface area contributed by atoms with Gasteiger partial charge in [0.05, 0.1) is 24.5 Å². The highest BCUT2D eigenvalue weighted by molar-refractivity contribution is 5.31. The first-order chi connectivity index (χ1) is 8.37. The van der Waals surface area contributed by atoms with E-state index in [2.05, 4.69) is 24.3 Å². The third-order valence-electron chi connectivity index (χ3n) is 4.22. The van der Waals surface area contributed by atoms with E-state index in [0.29, 0.717) is 6.04 Å². The van der Waals surface area contributed by atoms with Gasteiger partial charge in [0.15, 0.2) is 0 Å². The predicted octanol–water partition coefficient (Wildman–Crippen LogP) is 0.986. The topological polar surface area (TPSA) is 59.3 Å². The maximum Gasteiger partial charge on any atom is 0.216 e. The zero-order valence-electron chi connectivity index (χ0n) is 11.8. The van der Waals surface area contributed by atoms with E-state index in [9.17, 15) is 5.11 Å². The Kier molecular flexibility index (Phi) is 3.38. The van der Waals surface area contributed by atoms with Crippen molar-refractivity contribution in [3.8, 4) is 5.88 Å². The van der Waals surface area contributed by atoms with Gasteiger partial charge in [0.25, 0.3) is 0 Å². The summed E-state index contributed by atoms with van der Waals surface area (Å²) in [4.78, 5) is 0. The summed E-state index contributed by atoms with van der Waals surface area (Å²) in [5, 5.41) is 17.6. The molecule has 1 fully saturated rings. The van der Waals surface area contributed by atoms with Gasteiger partial charge in [-0.15, -0.1) is 0 Å². The number of rotatable bonds is 4. The van der Waals surface area contributed by atoms with Crippen LogP contribution in [-0.2, 0) is 13.6 Å². The fourth-order valence-corrected chi connectivity index (χ4v) is 2.61. The van der Waals surface area contributed by atoms with Gasteiger partial charge < -0.3 is 15.2 Å². The molecule has 0 amide bonds. The standard InChI is InChI=1S/C13H23N3O2/c1-8-9(12(18-5)16(4)15-8)7-14-10-6-11(17)13(10,2)3/h10-11,14,17H,6-7H2,1-5H3. The van der Waals surface area contributed by atoms with Crippen LogP contribution < -0.4 is 10.1 Å². The number of aliphatic hydroxyl groups is 1. The highest BCUT2D eigenvalue weighted by Gasteiger charge is 2.46. The normalized spacial score (nSPS) is 25.9. The van der Waals surface area contributed by atoms with E-state index < -0.39 is 0 Å². The lowest BCUT2D eigenvalue weighted by Crippen LogP contribution is -2.59. The van der Waals surface area contributed by atoms with Crippen molar-refractivity contribution in [3.05, 3.63) is 11.3 Å². The van der Waals surface area contributed by atoms with E-state index in [4.69, 9.17) is 4.74 Å². The molecule has 0 aromatic carbocycles. The number of aliphatic hydroxyl groups excluding tert-OH is 1. The number of nitrogens with zero attached hydrogens (tertiary/aromatic N) is 2. The van der Waals surface area contributed by atoms with Crippen molar-refractivity contribution in [1.29, 1.82) is 0 Å². The van der Waals surface area contributed by atoms with Crippen LogP contribution in [0.15, 0.2) is 0 Å². The average Bonchev–Trinajstić information content (AvgIpc) is 2.58. The third kappa shape index (κ3) is 2.01. The van der Waals surface area contributed by atoms with Gasteiger partial charge >= 0.3 is 0 Å². The van der Waals surface area contributed by atoms with E-state index in [-0.39, 0.29) is 11.5 Å². The summed E-state index contributed by atoms with van der Waals surface area (Å²) in [6.07, 6.45) is 0.612. The number of aromatic nitrogens is 2. The quantitative estimate of drug-likeness (QED) is 0.840. The lowest BCUT2D eigenvalue weighted by atomic mass is 9.64. The van der Waals surface area contributed by atoms with Gasteiger partial charge in [-0.2, -0.15) is 5.10 Å². The zero-order valence-corrected chi connectivity index (χ0v) is 11.8. The second-order valence-electron chi connectivity index (χ2n) is 5.70. The largest absolute Gasteiger partial charge is 0.481 e. The molecule has 2 atom stereocenters. The molecule has 1 aliphatic rings. The first-order valence-corrected chi connectivity index (χ1v) is 6.35. The number of hydrogen-bond donors (Lipinski definition) is 2. The van der Waals surface area contributed by atoms with Crippen molar-refractivity contribution in [2.24, 2.45) is 12.5 Å². The summed E-state index contributed by atoms with van der Waals surface area (Å²) in [7, 11) is 3.55. The van der Waals surface area contributed by atoms with Crippen molar-refractivity contribution >= 4 is 0 Å². The summed E-state index contributed by atoms with van der Waals surface area (Å²) in [6.45, 7) is 6.89. The van der Waals surface area contributed by atoms with Gasteiger partial charge in [0, 0.05) is 25.0 Å². The van der Waals surface area contributed by atoms with Crippen LogP contribution in [0.3, 0.4) is 0 Å². The molecule has 0 radical (unpaired) electrons. The molecular weight excluding hydrogens is 230 g/mol. The molecule has 1 aliphatic carbocycles. The summed E-state index contributed by atoms with van der Waals surface area (Å²) < 4.78 is 7.12. The Bertz CT molecular complexity index is 440. The molecule has 2 N–H and O–H groups in total. The minimum Gasteiger partial charge on any atom is -0.481 e. The molecule has 0 aliphatic heterocycles. The average molecular weight is 253 g/mol. The lowest BCUT2D eigenvalue weighted by molar-refractivity contribution is -0.0730. The van der Waals surface area contributed by atoms with Crippen LogP contribution in [0.5, 0.6) is 5.88 Å². The third-order valence-corrected chi connectivity index (χ3v) is 4.22. The maximum absolute atomic E-state index is 9.72. The minimum atomic E-state index is -0.202. The summed E-state index contributed by atoms with van der Waals surface area (Å²) in [5.41, 5.74) is 2.03. The highest BCUT2D eigenvalue weighted by atomic mass is 16.5. The first kappa shape index (κ1) is 13.4. The van der Waals surface area contributed by atoms with Gasteiger partial charge in [0.2, 0.25) is 5.88 Å². The second-order valence-corrected chi connectivity index (χ2v) is 5.70. The first-order valence-electron chi connectivity index (χ1n) is 6.35. The Morgan fingerprint density at radius 2 is 2.22 bits per heavy atom. The molecule has 0 saturated heterocycles. The monoisotopic (exact) mass is 253 g/mol.